The van der Waals surface area contributed by atoms with Gasteiger partial charge < -0.3 is 14.7 Å². The summed E-state index contributed by atoms with van der Waals surface area (Å²) < 4.78 is 5.03. The van der Waals surface area contributed by atoms with Crippen LogP contribution < -0.4 is 5.32 Å². The van der Waals surface area contributed by atoms with Crippen LogP contribution in [-0.4, -0.2) is 15.9 Å². The first kappa shape index (κ1) is 10.6. The van der Waals surface area contributed by atoms with Crippen molar-refractivity contribution < 1.29 is 9.21 Å². The molecular weight excluding hydrogens is 230 g/mol. The SMILES string of the molecule is Cc1nc2ccc(NC(=O)c3ccco3)cc2[nH]1. The number of H-pyrrole nitrogens is 1. The van der Waals surface area contributed by atoms with E-state index < -0.39 is 0 Å². The monoisotopic (exact) mass is 241 g/mol. The standard InChI is InChI=1S/C13H11N3O2/c1-8-14-10-5-4-9(7-11(10)15-8)16-13(17)12-3-2-6-18-12/h2-7H,1H3,(H,14,15)(H,16,17). The van der Waals surface area contributed by atoms with E-state index in [0.29, 0.717) is 5.69 Å². The molecule has 0 radical (unpaired) electrons. The molecule has 3 rings (SSSR count). The second-order valence-corrected chi connectivity index (χ2v) is 3.99. The lowest BCUT2D eigenvalue weighted by Crippen LogP contribution is -2.10. The maximum Gasteiger partial charge on any atom is 0.291 e. The molecule has 0 aliphatic rings. The van der Waals surface area contributed by atoms with Gasteiger partial charge in [-0.15, -0.1) is 0 Å². The fourth-order valence-electron chi connectivity index (χ4n) is 1.82. The van der Waals surface area contributed by atoms with E-state index in [1.54, 1.807) is 12.1 Å². The number of aromatic nitrogens is 2. The number of aryl methyl sites for hydroxylation is 1. The van der Waals surface area contributed by atoms with Crippen LogP contribution in [0.25, 0.3) is 11.0 Å². The highest BCUT2D eigenvalue weighted by Gasteiger charge is 2.09. The number of hydrogen-bond donors (Lipinski definition) is 2. The summed E-state index contributed by atoms with van der Waals surface area (Å²) in [6.45, 7) is 1.89. The van der Waals surface area contributed by atoms with Crippen LogP contribution >= 0.6 is 0 Å². The molecule has 0 atom stereocenters. The Hall–Kier alpha value is -2.56. The zero-order chi connectivity index (χ0) is 12.5. The van der Waals surface area contributed by atoms with Gasteiger partial charge in [0.1, 0.15) is 5.82 Å². The molecule has 5 heteroatoms. The predicted molar refractivity (Wildman–Crippen MR) is 67.5 cm³/mol. The first-order chi connectivity index (χ1) is 8.72. The molecule has 1 amide bonds. The topological polar surface area (TPSA) is 70.9 Å². The van der Waals surface area contributed by atoms with E-state index in [4.69, 9.17) is 4.42 Å². The van der Waals surface area contributed by atoms with Crippen molar-refractivity contribution in [1.29, 1.82) is 0 Å². The molecule has 2 aromatic heterocycles. The number of carbonyl (C=O) groups excluding carboxylic acids is 1. The highest BCUT2D eigenvalue weighted by molar-refractivity contribution is 6.03. The second kappa shape index (κ2) is 4.03. The van der Waals surface area contributed by atoms with E-state index in [1.165, 1.54) is 6.26 Å². The Bertz CT molecular complexity index is 698. The Morgan fingerprint density at radius 1 is 1.39 bits per heavy atom. The van der Waals surface area contributed by atoms with Crippen molar-refractivity contribution in [3.63, 3.8) is 0 Å². The van der Waals surface area contributed by atoms with Crippen LogP contribution in [0.2, 0.25) is 0 Å². The van der Waals surface area contributed by atoms with E-state index in [-0.39, 0.29) is 11.7 Å². The average molecular weight is 241 g/mol. The van der Waals surface area contributed by atoms with E-state index in [9.17, 15) is 4.79 Å². The number of furan rings is 1. The molecule has 0 saturated carbocycles. The van der Waals surface area contributed by atoms with Crippen molar-refractivity contribution in [3.05, 3.63) is 48.2 Å². The van der Waals surface area contributed by atoms with Crippen molar-refractivity contribution in [2.45, 2.75) is 6.92 Å². The van der Waals surface area contributed by atoms with Crippen molar-refractivity contribution in [2.24, 2.45) is 0 Å². The van der Waals surface area contributed by atoms with Gasteiger partial charge in [0.2, 0.25) is 0 Å². The number of nitrogens with one attached hydrogen (secondary N) is 2. The predicted octanol–water partition coefficient (Wildman–Crippen LogP) is 2.72. The van der Waals surface area contributed by atoms with Crippen LogP contribution in [0, 0.1) is 6.92 Å². The Labute approximate surface area is 103 Å². The maximum absolute atomic E-state index is 11.8. The van der Waals surface area contributed by atoms with E-state index >= 15 is 0 Å². The molecular formula is C13H11N3O2. The molecule has 1 aromatic carbocycles. The molecule has 5 nitrogen and oxygen atoms in total. The first-order valence-electron chi connectivity index (χ1n) is 5.53. The van der Waals surface area contributed by atoms with Crippen LogP contribution in [0.5, 0.6) is 0 Å². The van der Waals surface area contributed by atoms with Crippen LogP contribution in [0.3, 0.4) is 0 Å². The number of hydrogen-bond acceptors (Lipinski definition) is 3. The number of fused-ring (bicyclic) bond motifs is 1. The van der Waals surface area contributed by atoms with Crippen LogP contribution in [-0.2, 0) is 0 Å². The third-order valence-electron chi connectivity index (χ3n) is 2.60. The molecule has 0 bridgehead atoms. The van der Waals surface area contributed by atoms with Crippen LogP contribution in [0.15, 0.2) is 41.0 Å². The normalized spacial score (nSPS) is 10.7. The fraction of sp³-hybridized carbons (Fsp3) is 0.0769. The molecule has 0 spiro atoms. The highest BCUT2D eigenvalue weighted by Crippen LogP contribution is 2.17. The minimum Gasteiger partial charge on any atom is -0.459 e. The molecule has 3 aromatic rings. The van der Waals surface area contributed by atoms with Gasteiger partial charge in [0.25, 0.3) is 5.91 Å². The van der Waals surface area contributed by atoms with Gasteiger partial charge >= 0.3 is 0 Å². The average Bonchev–Trinajstić information content (AvgIpc) is 2.95. The lowest BCUT2D eigenvalue weighted by Gasteiger charge is -2.02. The Kier molecular flexibility index (Phi) is 2.37. The van der Waals surface area contributed by atoms with Gasteiger partial charge in [-0.05, 0) is 37.3 Å². The van der Waals surface area contributed by atoms with E-state index in [0.717, 1.165) is 16.9 Å². The zero-order valence-corrected chi connectivity index (χ0v) is 9.73. The van der Waals surface area contributed by atoms with Gasteiger partial charge in [-0.25, -0.2) is 4.98 Å². The highest BCUT2D eigenvalue weighted by atomic mass is 16.3. The number of rotatable bonds is 2. The van der Waals surface area contributed by atoms with Gasteiger partial charge in [-0.3, -0.25) is 4.79 Å². The summed E-state index contributed by atoms with van der Waals surface area (Å²) in [7, 11) is 0. The number of amides is 1. The molecule has 0 aliphatic carbocycles. The quantitative estimate of drug-likeness (QED) is 0.724. The summed E-state index contributed by atoms with van der Waals surface area (Å²) in [6, 6.07) is 8.81. The Morgan fingerprint density at radius 2 is 2.28 bits per heavy atom. The van der Waals surface area contributed by atoms with Crippen LogP contribution in [0.1, 0.15) is 16.4 Å². The Balaban J connectivity index is 1.88. The van der Waals surface area contributed by atoms with E-state index in [1.807, 2.05) is 25.1 Å². The smallest absolute Gasteiger partial charge is 0.291 e. The lowest BCUT2D eigenvalue weighted by atomic mass is 10.2. The first-order valence-corrected chi connectivity index (χ1v) is 5.53. The minimum atomic E-state index is -0.268. The molecule has 0 unspecified atom stereocenters. The van der Waals surface area contributed by atoms with Crippen molar-refractivity contribution >= 4 is 22.6 Å². The maximum atomic E-state index is 11.8. The summed E-state index contributed by atoms with van der Waals surface area (Å²) >= 11 is 0. The number of aromatic amines is 1. The van der Waals surface area contributed by atoms with Gasteiger partial charge in [0, 0.05) is 5.69 Å². The number of anilines is 1. The molecule has 18 heavy (non-hydrogen) atoms. The molecule has 2 heterocycles. The summed E-state index contributed by atoms with van der Waals surface area (Å²) in [5.41, 5.74) is 2.47. The Morgan fingerprint density at radius 3 is 3.06 bits per heavy atom. The fourth-order valence-corrected chi connectivity index (χ4v) is 1.82. The van der Waals surface area contributed by atoms with Crippen molar-refractivity contribution in [1.82, 2.24) is 9.97 Å². The van der Waals surface area contributed by atoms with E-state index in [2.05, 4.69) is 15.3 Å². The van der Waals surface area contributed by atoms with Gasteiger partial charge in [-0.2, -0.15) is 0 Å². The van der Waals surface area contributed by atoms with Gasteiger partial charge in [0.15, 0.2) is 5.76 Å². The summed E-state index contributed by atoms with van der Waals surface area (Å²) in [6.07, 6.45) is 1.47. The molecule has 0 saturated heterocycles. The van der Waals surface area contributed by atoms with Gasteiger partial charge in [-0.1, -0.05) is 0 Å². The third kappa shape index (κ3) is 1.86. The molecule has 90 valence electrons. The number of carbonyl (C=O) groups is 1. The van der Waals surface area contributed by atoms with Crippen molar-refractivity contribution in [3.8, 4) is 0 Å². The van der Waals surface area contributed by atoms with Crippen LogP contribution in [0.4, 0.5) is 5.69 Å². The second-order valence-electron chi connectivity index (χ2n) is 3.99. The van der Waals surface area contributed by atoms with Gasteiger partial charge in [0.05, 0.1) is 17.3 Å². The molecule has 0 fully saturated rings. The largest absolute Gasteiger partial charge is 0.459 e. The summed E-state index contributed by atoms with van der Waals surface area (Å²) in [5.74, 6) is 0.867. The summed E-state index contributed by atoms with van der Waals surface area (Å²) in [4.78, 5) is 19.2. The van der Waals surface area contributed by atoms with Crippen molar-refractivity contribution in [2.75, 3.05) is 5.32 Å². The molecule has 0 aliphatic heterocycles. The third-order valence-corrected chi connectivity index (χ3v) is 2.60. The molecule has 2 N–H and O–H groups in total. The zero-order valence-electron chi connectivity index (χ0n) is 9.73. The number of benzene rings is 1. The number of imidazole rings is 1. The number of nitrogens with zero attached hydrogens (tertiary/aromatic N) is 1. The minimum absolute atomic E-state index is 0.268. The summed E-state index contributed by atoms with van der Waals surface area (Å²) in [5, 5.41) is 2.77. The lowest BCUT2D eigenvalue weighted by molar-refractivity contribution is 0.0996.